The maximum atomic E-state index is 13.3. The number of hydrogen-bond acceptors (Lipinski definition) is 3. The molecule has 0 saturated heterocycles. The fourth-order valence-corrected chi connectivity index (χ4v) is 3.06. The molecule has 0 spiro atoms. The highest BCUT2D eigenvalue weighted by molar-refractivity contribution is 7.92. The van der Waals surface area contributed by atoms with Crippen molar-refractivity contribution in [2.75, 3.05) is 4.72 Å². The van der Waals surface area contributed by atoms with Gasteiger partial charge in [0.15, 0.2) is 5.82 Å². The topological polar surface area (TPSA) is 74.8 Å². The number of aromatic nitrogens is 2. The van der Waals surface area contributed by atoms with Gasteiger partial charge in [-0.25, -0.2) is 12.8 Å². The average molecular weight is 311 g/mol. The van der Waals surface area contributed by atoms with Crippen LogP contribution in [0.1, 0.15) is 32.0 Å². The summed E-state index contributed by atoms with van der Waals surface area (Å²) in [5.74, 6) is -0.415. The van der Waals surface area contributed by atoms with Gasteiger partial charge in [0.25, 0.3) is 10.0 Å². The Bertz CT molecular complexity index is 761. The summed E-state index contributed by atoms with van der Waals surface area (Å²) < 4.78 is 40.2. The lowest BCUT2D eigenvalue weighted by molar-refractivity contribution is 0.567. The number of nitrogens with one attached hydrogen (secondary N) is 2. The van der Waals surface area contributed by atoms with Gasteiger partial charge in [0.2, 0.25) is 0 Å². The van der Waals surface area contributed by atoms with E-state index in [0.29, 0.717) is 5.56 Å². The van der Waals surface area contributed by atoms with Crippen LogP contribution in [-0.4, -0.2) is 18.6 Å². The summed E-state index contributed by atoms with van der Waals surface area (Å²) in [6.07, 6.45) is 0. The zero-order valence-electron chi connectivity index (χ0n) is 12.4. The molecule has 114 valence electrons. The van der Waals surface area contributed by atoms with Crippen LogP contribution in [0.4, 0.5) is 10.2 Å². The number of rotatable bonds is 3. The molecule has 0 bridgehead atoms. The Kier molecular flexibility index (Phi) is 3.79. The zero-order chi connectivity index (χ0) is 15.8. The van der Waals surface area contributed by atoms with E-state index < -0.39 is 15.8 Å². The number of halogens is 1. The molecule has 7 heteroatoms. The fraction of sp³-hybridized carbons (Fsp3) is 0.357. The third kappa shape index (κ3) is 3.41. The Hall–Kier alpha value is -1.89. The van der Waals surface area contributed by atoms with Crippen LogP contribution in [0.3, 0.4) is 0 Å². The number of benzene rings is 1. The molecule has 2 N–H and O–H groups in total. The Balaban J connectivity index is 2.34. The summed E-state index contributed by atoms with van der Waals surface area (Å²) in [5, 5.41) is 6.73. The number of H-pyrrole nitrogens is 1. The molecule has 0 aliphatic rings. The number of aromatic amines is 1. The highest BCUT2D eigenvalue weighted by Crippen LogP contribution is 2.24. The normalized spacial score (nSPS) is 12.4. The highest BCUT2D eigenvalue weighted by Gasteiger charge is 2.21. The molecule has 5 nitrogen and oxygen atoms in total. The van der Waals surface area contributed by atoms with E-state index in [2.05, 4.69) is 14.9 Å². The van der Waals surface area contributed by atoms with Gasteiger partial charge >= 0.3 is 0 Å². The number of anilines is 1. The molecule has 2 rings (SSSR count). The first-order chi connectivity index (χ1) is 9.59. The van der Waals surface area contributed by atoms with Gasteiger partial charge in [-0.1, -0.05) is 26.8 Å². The van der Waals surface area contributed by atoms with E-state index in [-0.39, 0.29) is 16.1 Å². The molecule has 0 saturated carbocycles. The smallest absolute Gasteiger partial charge is 0.263 e. The van der Waals surface area contributed by atoms with Crippen LogP contribution in [0.25, 0.3) is 0 Å². The van der Waals surface area contributed by atoms with Crippen LogP contribution < -0.4 is 4.72 Å². The van der Waals surface area contributed by atoms with Gasteiger partial charge < -0.3 is 0 Å². The second kappa shape index (κ2) is 5.14. The lowest BCUT2D eigenvalue weighted by Crippen LogP contribution is -2.15. The summed E-state index contributed by atoms with van der Waals surface area (Å²) >= 11 is 0. The van der Waals surface area contributed by atoms with Gasteiger partial charge in [-0.2, -0.15) is 5.10 Å². The molecule has 2 aromatic rings. The molecule has 0 aliphatic heterocycles. The van der Waals surface area contributed by atoms with E-state index in [1.165, 1.54) is 12.1 Å². The lowest BCUT2D eigenvalue weighted by atomic mass is 9.92. The second-order valence-corrected chi connectivity index (χ2v) is 7.58. The predicted octanol–water partition coefficient (Wildman–Crippen LogP) is 2.96. The molecular weight excluding hydrogens is 293 g/mol. The minimum atomic E-state index is -3.87. The fourth-order valence-electron chi connectivity index (χ4n) is 1.81. The molecule has 1 heterocycles. The van der Waals surface area contributed by atoms with Crippen LogP contribution >= 0.6 is 0 Å². The van der Waals surface area contributed by atoms with E-state index in [0.717, 1.165) is 11.8 Å². The zero-order valence-corrected chi connectivity index (χ0v) is 13.2. The van der Waals surface area contributed by atoms with Crippen molar-refractivity contribution in [2.24, 2.45) is 0 Å². The van der Waals surface area contributed by atoms with E-state index in [9.17, 15) is 12.8 Å². The largest absolute Gasteiger partial charge is 0.280 e. The summed E-state index contributed by atoms with van der Waals surface area (Å²) in [6, 6.07) is 5.27. The van der Waals surface area contributed by atoms with Crippen LogP contribution in [-0.2, 0) is 15.4 Å². The van der Waals surface area contributed by atoms with E-state index >= 15 is 0 Å². The number of sulfonamides is 1. The average Bonchev–Trinajstić information content (AvgIpc) is 2.79. The van der Waals surface area contributed by atoms with Crippen molar-refractivity contribution >= 4 is 15.8 Å². The van der Waals surface area contributed by atoms with Crippen LogP contribution in [0.2, 0.25) is 0 Å². The van der Waals surface area contributed by atoms with Crippen molar-refractivity contribution in [3.63, 3.8) is 0 Å². The van der Waals surface area contributed by atoms with Crippen molar-refractivity contribution in [2.45, 2.75) is 38.0 Å². The third-order valence-corrected chi connectivity index (χ3v) is 4.56. The third-order valence-electron chi connectivity index (χ3n) is 3.06. The molecule has 21 heavy (non-hydrogen) atoms. The summed E-state index contributed by atoms with van der Waals surface area (Å²) in [5.41, 5.74) is 1.09. The van der Waals surface area contributed by atoms with Crippen molar-refractivity contribution in [1.29, 1.82) is 0 Å². The van der Waals surface area contributed by atoms with Gasteiger partial charge in [-0.3, -0.25) is 9.82 Å². The predicted molar refractivity (Wildman–Crippen MR) is 79.2 cm³/mol. The molecule has 0 atom stereocenters. The molecule has 0 aliphatic carbocycles. The van der Waals surface area contributed by atoms with Gasteiger partial charge in [-0.05, 0) is 24.6 Å². The first-order valence-corrected chi connectivity index (χ1v) is 7.93. The first kappa shape index (κ1) is 15.5. The number of nitrogens with zero attached hydrogens (tertiary/aromatic N) is 1. The van der Waals surface area contributed by atoms with E-state index in [4.69, 9.17) is 0 Å². The van der Waals surface area contributed by atoms with Gasteiger partial charge in [0.1, 0.15) is 5.82 Å². The summed E-state index contributed by atoms with van der Waals surface area (Å²) in [6.45, 7) is 7.56. The van der Waals surface area contributed by atoms with Crippen LogP contribution in [0, 0.1) is 12.7 Å². The monoisotopic (exact) mass is 311 g/mol. The Morgan fingerprint density at radius 1 is 1.24 bits per heavy atom. The molecule has 0 fully saturated rings. The van der Waals surface area contributed by atoms with Crippen molar-refractivity contribution in [3.8, 4) is 0 Å². The lowest BCUT2D eigenvalue weighted by Gasteiger charge is -2.14. The Morgan fingerprint density at radius 3 is 2.48 bits per heavy atom. The molecule has 0 amide bonds. The number of aryl methyl sites for hydroxylation is 1. The van der Waals surface area contributed by atoms with Gasteiger partial charge in [-0.15, -0.1) is 0 Å². The second-order valence-electron chi connectivity index (χ2n) is 5.93. The first-order valence-electron chi connectivity index (χ1n) is 6.44. The van der Waals surface area contributed by atoms with E-state index in [1.807, 2.05) is 20.8 Å². The van der Waals surface area contributed by atoms with E-state index in [1.54, 1.807) is 13.0 Å². The summed E-state index contributed by atoms with van der Waals surface area (Å²) in [7, 11) is -3.87. The van der Waals surface area contributed by atoms with Crippen molar-refractivity contribution in [3.05, 3.63) is 41.3 Å². The van der Waals surface area contributed by atoms with Crippen molar-refractivity contribution in [1.82, 2.24) is 10.2 Å². The molecular formula is C14H18FN3O2S. The SMILES string of the molecule is Cc1ccc(F)cc1S(=O)(=O)Nc1cc(C(C)(C)C)[nH]n1. The molecule has 1 aromatic heterocycles. The molecule has 0 unspecified atom stereocenters. The minimum absolute atomic E-state index is 0.0946. The Morgan fingerprint density at radius 2 is 1.90 bits per heavy atom. The number of hydrogen-bond donors (Lipinski definition) is 2. The van der Waals surface area contributed by atoms with Crippen LogP contribution in [0.15, 0.2) is 29.2 Å². The summed E-state index contributed by atoms with van der Waals surface area (Å²) in [4.78, 5) is -0.0946. The van der Waals surface area contributed by atoms with Crippen LogP contribution in [0.5, 0.6) is 0 Å². The molecule has 0 radical (unpaired) electrons. The maximum Gasteiger partial charge on any atom is 0.263 e. The highest BCUT2D eigenvalue weighted by atomic mass is 32.2. The molecule has 1 aromatic carbocycles. The quantitative estimate of drug-likeness (QED) is 0.915. The van der Waals surface area contributed by atoms with Gasteiger partial charge in [0, 0.05) is 17.2 Å². The standard InChI is InChI=1S/C14H18FN3O2S/c1-9-5-6-10(15)7-11(9)21(19,20)18-13-8-12(16-17-13)14(2,3)4/h5-8H,1-4H3,(H2,16,17,18). The maximum absolute atomic E-state index is 13.3. The van der Waals surface area contributed by atoms with Gasteiger partial charge in [0.05, 0.1) is 4.90 Å². The minimum Gasteiger partial charge on any atom is -0.280 e. The van der Waals surface area contributed by atoms with Crippen molar-refractivity contribution < 1.29 is 12.8 Å². The Labute approximate surface area is 123 Å².